The molecule has 0 aromatic heterocycles. The van der Waals surface area contributed by atoms with Crippen molar-refractivity contribution < 1.29 is 0 Å². The van der Waals surface area contributed by atoms with Crippen molar-refractivity contribution in [2.24, 2.45) is 11.1 Å². The summed E-state index contributed by atoms with van der Waals surface area (Å²) in [5, 5.41) is 0. The van der Waals surface area contributed by atoms with Crippen LogP contribution in [0.5, 0.6) is 0 Å². The van der Waals surface area contributed by atoms with E-state index in [0.29, 0.717) is 5.41 Å². The average Bonchev–Trinajstić information content (AvgIpc) is 2.09. The molecule has 0 aliphatic heterocycles. The van der Waals surface area contributed by atoms with Gasteiger partial charge in [-0.1, -0.05) is 46.5 Å². The standard InChI is InChI=1S/C12H27N/c1-4-5-6-7-9-12(2,3)10-8-11-13/h4-11,13H2,1-3H3. The number of hydrogen-bond donors (Lipinski definition) is 1. The van der Waals surface area contributed by atoms with Crippen molar-refractivity contribution in [2.45, 2.75) is 65.7 Å². The molecule has 0 spiro atoms. The molecule has 80 valence electrons. The fourth-order valence-corrected chi connectivity index (χ4v) is 1.74. The Kier molecular flexibility index (Phi) is 7.35. The maximum atomic E-state index is 5.51. The molecular formula is C12H27N. The molecule has 0 aromatic rings. The Hall–Kier alpha value is -0.0400. The van der Waals surface area contributed by atoms with Crippen LogP contribution in [0.25, 0.3) is 0 Å². The quantitative estimate of drug-likeness (QED) is 0.573. The maximum absolute atomic E-state index is 5.51. The van der Waals surface area contributed by atoms with Crippen LogP contribution in [0, 0.1) is 5.41 Å². The highest BCUT2D eigenvalue weighted by Crippen LogP contribution is 2.28. The summed E-state index contributed by atoms with van der Waals surface area (Å²) in [6, 6.07) is 0. The van der Waals surface area contributed by atoms with Gasteiger partial charge < -0.3 is 5.73 Å². The molecule has 0 unspecified atom stereocenters. The largest absolute Gasteiger partial charge is 0.330 e. The molecular weight excluding hydrogens is 158 g/mol. The molecule has 0 aliphatic carbocycles. The van der Waals surface area contributed by atoms with Gasteiger partial charge in [-0.3, -0.25) is 0 Å². The van der Waals surface area contributed by atoms with E-state index in [1.807, 2.05) is 0 Å². The summed E-state index contributed by atoms with van der Waals surface area (Å²) in [5.74, 6) is 0. The Morgan fingerprint density at radius 2 is 1.54 bits per heavy atom. The highest BCUT2D eigenvalue weighted by Gasteiger charge is 2.15. The van der Waals surface area contributed by atoms with Crippen LogP contribution in [0.15, 0.2) is 0 Å². The van der Waals surface area contributed by atoms with Gasteiger partial charge in [0, 0.05) is 0 Å². The van der Waals surface area contributed by atoms with Crippen LogP contribution in [-0.4, -0.2) is 6.54 Å². The van der Waals surface area contributed by atoms with E-state index in [9.17, 15) is 0 Å². The molecule has 0 rings (SSSR count). The second-order valence-electron chi connectivity index (χ2n) is 4.87. The SMILES string of the molecule is CCCCCCC(C)(C)CCCN. The van der Waals surface area contributed by atoms with Gasteiger partial charge in [0.25, 0.3) is 0 Å². The monoisotopic (exact) mass is 185 g/mol. The Bertz CT molecular complexity index is 108. The summed E-state index contributed by atoms with van der Waals surface area (Å²) in [5.41, 5.74) is 6.03. The zero-order chi connectivity index (χ0) is 10.2. The Balaban J connectivity index is 3.39. The molecule has 0 saturated carbocycles. The third-order valence-electron chi connectivity index (χ3n) is 2.76. The summed E-state index contributed by atoms with van der Waals surface area (Å²) < 4.78 is 0. The number of hydrogen-bond acceptors (Lipinski definition) is 1. The maximum Gasteiger partial charge on any atom is -0.00771 e. The molecule has 0 atom stereocenters. The van der Waals surface area contributed by atoms with Gasteiger partial charge in [0.1, 0.15) is 0 Å². The lowest BCUT2D eigenvalue weighted by Crippen LogP contribution is -2.13. The molecule has 0 fully saturated rings. The van der Waals surface area contributed by atoms with Crippen LogP contribution in [0.4, 0.5) is 0 Å². The minimum Gasteiger partial charge on any atom is -0.330 e. The third-order valence-corrected chi connectivity index (χ3v) is 2.76. The Morgan fingerprint density at radius 3 is 2.08 bits per heavy atom. The predicted molar refractivity (Wildman–Crippen MR) is 60.8 cm³/mol. The van der Waals surface area contributed by atoms with E-state index in [1.54, 1.807) is 0 Å². The molecule has 0 amide bonds. The van der Waals surface area contributed by atoms with Crippen molar-refractivity contribution >= 4 is 0 Å². The number of unbranched alkanes of at least 4 members (excludes halogenated alkanes) is 3. The minimum absolute atomic E-state index is 0.521. The molecule has 13 heavy (non-hydrogen) atoms. The second-order valence-corrected chi connectivity index (χ2v) is 4.87. The number of rotatable bonds is 8. The smallest absolute Gasteiger partial charge is 0.00771 e. The van der Waals surface area contributed by atoms with Crippen molar-refractivity contribution in [2.75, 3.05) is 6.54 Å². The summed E-state index contributed by atoms with van der Waals surface area (Å²) >= 11 is 0. The topological polar surface area (TPSA) is 26.0 Å². The highest BCUT2D eigenvalue weighted by atomic mass is 14.5. The molecule has 0 aliphatic rings. The van der Waals surface area contributed by atoms with Crippen molar-refractivity contribution in [1.82, 2.24) is 0 Å². The molecule has 0 radical (unpaired) electrons. The first-order valence-electron chi connectivity index (χ1n) is 5.82. The minimum atomic E-state index is 0.521. The summed E-state index contributed by atoms with van der Waals surface area (Å²) in [6.07, 6.45) is 9.37. The van der Waals surface area contributed by atoms with Crippen LogP contribution in [0.3, 0.4) is 0 Å². The van der Waals surface area contributed by atoms with E-state index in [0.717, 1.165) is 6.54 Å². The van der Waals surface area contributed by atoms with Gasteiger partial charge in [0.2, 0.25) is 0 Å². The fraction of sp³-hybridized carbons (Fsp3) is 1.00. The van der Waals surface area contributed by atoms with Crippen LogP contribution in [-0.2, 0) is 0 Å². The van der Waals surface area contributed by atoms with Gasteiger partial charge in [0.15, 0.2) is 0 Å². The van der Waals surface area contributed by atoms with Crippen molar-refractivity contribution in [3.8, 4) is 0 Å². The van der Waals surface area contributed by atoms with E-state index < -0.39 is 0 Å². The first kappa shape index (κ1) is 13.0. The van der Waals surface area contributed by atoms with Crippen LogP contribution >= 0.6 is 0 Å². The molecule has 0 bridgehead atoms. The van der Waals surface area contributed by atoms with E-state index in [2.05, 4.69) is 20.8 Å². The van der Waals surface area contributed by atoms with Gasteiger partial charge in [-0.25, -0.2) is 0 Å². The lowest BCUT2D eigenvalue weighted by Gasteiger charge is -2.24. The molecule has 0 heterocycles. The third kappa shape index (κ3) is 8.29. The molecule has 2 N–H and O–H groups in total. The highest BCUT2D eigenvalue weighted by molar-refractivity contribution is 4.68. The normalized spacial score (nSPS) is 12.0. The van der Waals surface area contributed by atoms with Gasteiger partial charge >= 0.3 is 0 Å². The van der Waals surface area contributed by atoms with Gasteiger partial charge in [-0.05, 0) is 31.2 Å². The lowest BCUT2D eigenvalue weighted by atomic mass is 9.82. The average molecular weight is 185 g/mol. The zero-order valence-corrected chi connectivity index (χ0v) is 9.73. The van der Waals surface area contributed by atoms with Crippen molar-refractivity contribution in [3.63, 3.8) is 0 Å². The van der Waals surface area contributed by atoms with Crippen LogP contribution in [0.2, 0.25) is 0 Å². The zero-order valence-electron chi connectivity index (χ0n) is 9.73. The molecule has 0 aromatic carbocycles. The van der Waals surface area contributed by atoms with E-state index in [4.69, 9.17) is 5.73 Å². The Labute approximate surface area is 84.1 Å². The number of nitrogens with two attached hydrogens (primary N) is 1. The van der Waals surface area contributed by atoms with Crippen LogP contribution < -0.4 is 5.73 Å². The first-order valence-corrected chi connectivity index (χ1v) is 5.82. The first-order chi connectivity index (χ1) is 6.12. The van der Waals surface area contributed by atoms with Crippen molar-refractivity contribution in [3.05, 3.63) is 0 Å². The second kappa shape index (κ2) is 7.37. The fourth-order valence-electron chi connectivity index (χ4n) is 1.74. The molecule has 1 nitrogen and oxygen atoms in total. The lowest BCUT2D eigenvalue weighted by molar-refractivity contribution is 0.289. The van der Waals surface area contributed by atoms with Gasteiger partial charge in [0.05, 0.1) is 0 Å². The van der Waals surface area contributed by atoms with E-state index in [-0.39, 0.29) is 0 Å². The van der Waals surface area contributed by atoms with Crippen molar-refractivity contribution in [1.29, 1.82) is 0 Å². The molecule has 0 saturated heterocycles. The Morgan fingerprint density at radius 1 is 0.923 bits per heavy atom. The molecule has 1 heteroatoms. The predicted octanol–water partition coefficient (Wildman–Crippen LogP) is 3.72. The summed E-state index contributed by atoms with van der Waals surface area (Å²) in [6.45, 7) is 7.85. The van der Waals surface area contributed by atoms with Gasteiger partial charge in [-0.2, -0.15) is 0 Å². The van der Waals surface area contributed by atoms with E-state index >= 15 is 0 Å². The van der Waals surface area contributed by atoms with Crippen LogP contribution in [0.1, 0.15) is 65.7 Å². The summed E-state index contributed by atoms with van der Waals surface area (Å²) in [7, 11) is 0. The van der Waals surface area contributed by atoms with Gasteiger partial charge in [-0.15, -0.1) is 0 Å². The van der Waals surface area contributed by atoms with E-state index in [1.165, 1.54) is 44.9 Å². The summed E-state index contributed by atoms with van der Waals surface area (Å²) in [4.78, 5) is 0.